The molecule has 1 saturated carbocycles. The first-order chi connectivity index (χ1) is 13.8. The smallest absolute Gasteiger partial charge is 0.225 e. The molecule has 0 radical (unpaired) electrons. The molecular weight excluding hydrogens is 356 g/mol. The van der Waals surface area contributed by atoms with Crippen LogP contribution in [0.4, 0.5) is 5.95 Å². The van der Waals surface area contributed by atoms with Gasteiger partial charge >= 0.3 is 0 Å². The predicted octanol–water partition coefficient (Wildman–Crippen LogP) is 2.22. The summed E-state index contributed by atoms with van der Waals surface area (Å²) in [6.45, 7) is 5.21. The minimum Gasteiger partial charge on any atom is -0.381 e. The highest BCUT2D eigenvalue weighted by Crippen LogP contribution is 2.36. The van der Waals surface area contributed by atoms with E-state index in [9.17, 15) is 0 Å². The lowest BCUT2D eigenvalue weighted by molar-refractivity contribution is -0.179. The number of nitrogens with one attached hydrogen (secondary N) is 1. The Balaban J connectivity index is 1.14. The van der Waals surface area contributed by atoms with Crippen LogP contribution in [-0.2, 0) is 14.2 Å². The van der Waals surface area contributed by atoms with Gasteiger partial charge in [0.2, 0.25) is 5.95 Å². The van der Waals surface area contributed by atoms with Crippen LogP contribution in [0.15, 0.2) is 12.3 Å². The van der Waals surface area contributed by atoms with Gasteiger partial charge in [-0.05, 0) is 38.2 Å². The largest absolute Gasteiger partial charge is 0.381 e. The van der Waals surface area contributed by atoms with Gasteiger partial charge in [-0.1, -0.05) is 0 Å². The molecule has 4 heterocycles. The van der Waals surface area contributed by atoms with Crippen molar-refractivity contribution in [2.45, 2.75) is 68.7 Å². The maximum atomic E-state index is 5.85. The Kier molecular flexibility index (Phi) is 5.50. The zero-order chi connectivity index (χ0) is 18.8. The second kappa shape index (κ2) is 8.22. The fourth-order valence-corrected chi connectivity index (χ4v) is 5.16. The molecule has 7 heteroatoms. The van der Waals surface area contributed by atoms with Crippen LogP contribution in [0.25, 0.3) is 0 Å². The highest BCUT2D eigenvalue weighted by molar-refractivity contribution is 5.33. The summed E-state index contributed by atoms with van der Waals surface area (Å²) < 4.78 is 17.2. The number of aromatic nitrogens is 2. The molecule has 1 spiro atoms. The number of ether oxygens (including phenoxy) is 3. The molecule has 1 atom stereocenters. The summed E-state index contributed by atoms with van der Waals surface area (Å²) >= 11 is 0. The van der Waals surface area contributed by atoms with Gasteiger partial charge in [0.1, 0.15) is 0 Å². The molecule has 154 valence electrons. The van der Waals surface area contributed by atoms with Gasteiger partial charge < -0.3 is 24.4 Å². The van der Waals surface area contributed by atoms with Gasteiger partial charge in [0.15, 0.2) is 5.79 Å². The summed E-state index contributed by atoms with van der Waals surface area (Å²) in [7, 11) is 0. The molecule has 1 aliphatic carbocycles. The summed E-state index contributed by atoms with van der Waals surface area (Å²) in [5.74, 6) is 1.14. The molecule has 3 saturated heterocycles. The molecule has 0 bridgehead atoms. The van der Waals surface area contributed by atoms with Crippen molar-refractivity contribution < 1.29 is 14.2 Å². The highest BCUT2D eigenvalue weighted by Gasteiger charge is 2.41. The van der Waals surface area contributed by atoms with E-state index in [4.69, 9.17) is 19.2 Å². The van der Waals surface area contributed by atoms with E-state index in [1.807, 2.05) is 6.20 Å². The van der Waals surface area contributed by atoms with Crippen molar-refractivity contribution in [1.82, 2.24) is 15.3 Å². The average Bonchev–Trinajstić information content (AvgIpc) is 3.41. The lowest BCUT2D eigenvalue weighted by Gasteiger charge is -2.36. The van der Waals surface area contributed by atoms with Crippen molar-refractivity contribution in [3.05, 3.63) is 18.0 Å². The molecular formula is C21H32N4O3. The number of anilines is 1. The molecule has 1 aromatic heterocycles. The molecule has 1 unspecified atom stereocenters. The van der Waals surface area contributed by atoms with E-state index >= 15 is 0 Å². The third-order valence-electron chi connectivity index (χ3n) is 6.81. The van der Waals surface area contributed by atoms with Gasteiger partial charge in [-0.3, -0.25) is 0 Å². The first-order valence-corrected chi connectivity index (χ1v) is 11.0. The molecule has 1 N–H and O–H groups in total. The number of rotatable bonds is 4. The van der Waals surface area contributed by atoms with Crippen molar-refractivity contribution in [1.29, 1.82) is 0 Å². The first-order valence-electron chi connectivity index (χ1n) is 11.0. The van der Waals surface area contributed by atoms with Gasteiger partial charge in [-0.15, -0.1) is 0 Å². The molecule has 5 rings (SSSR count). The predicted molar refractivity (Wildman–Crippen MR) is 105 cm³/mol. The Hall–Kier alpha value is -1.28. The Morgan fingerprint density at radius 1 is 0.964 bits per heavy atom. The maximum absolute atomic E-state index is 5.85. The van der Waals surface area contributed by atoms with Crippen molar-refractivity contribution in [3.63, 3.8) is 0 Å². The van der Waals surface area contributed by atoms with Crippen LogP contribution < -0.4 is 10.2 Å². The van der Waals surface area contributed by atoms with Gasteiger partial charge in [-0.2, -0.15) is 0 Å². The Labute approximate surface area is 167 Å². The van der Waals surface area contributed by atoms with Crippen LogP contribution >= 0.6 is 0 Å². The normalized spacial score (nSPS) is 29.0. The Morgan fingerprint density at radius 2 is 1.75 bits per heavy atom. The molecule has 28 heavy (non-hydrogen) atoms. The Bertz CT molecular complexity index is 651. The average molecular weight is 389 g/mol. The maximum Gasteiger partial charge on any atom is 0.225 e. The minimum absolute atomic E-state index is 0.266. The topological polar surface area (TPSA) is 68.7 Å². The van der Waals surface area contributed by atoms with E-state index in [-0.39, 0.29) is 5.79 Å². The zero-order valence-corrected chi connectivity index (χ0v) is 16.6. The lowest BCUT2D eigenvalue weighted by atomic mass is 9.89. The summed E-state index contributed by atoms with van der Waals surface area (Å²) in [4.78, 5) is 11.8. The fraction of sp³-hybridized carbons (Fsp3) is 0.810. The molecule has 0 aromatic carbocycles. The third kappa shape index (κ3) is 4.03. The third-order valence-corrected chi connectivity index (χ3v) is 6.81. The van der Waals surface area contributed by atoms with E-state index in [1.54, 1.807) is 0 Å². The fourth-order valence-electron chi connectivity index (χ4n) is 5.16. The molecule has 0 amide bonds. The Morgan fingerprint density at radius 3 is 2.54 bits per heavy atom. The van der Waals surface area contributed by atoms with Crippen LogP contribution in [0.5, 0.6) is 0 Å². The van der Waals surface area contributed by atoms with E-state index < -0.39 is 0 Å². The highest BCUT2D eigenvalue weighted by atomic mass is 16.7. The lowest BCUT2D eigenvalue weighted by Crippen LogP contribution is -2.46. The van der Waals surface area contributed by atoms with Crippen LogP contribution in [0.1, 0.15) is 56.6 Å². The van der Waals surface area contributed by atoms with E-state index in [0.717, 1.165) is 90.4 Å². The molecule has 4 fully saturated rings. The molecule has 3 aliphatic heterocycles. The minimum atomic E-state index is -0.266. The summed E-state index contributed by atoms with van der Waals surface area (Å²) in [6.07, 6.45) is 9.50. The number of nitrogens with zero attached hydrogens (tertiary/aromatic N) is 3. The summed E-state index contributed by atoms with van der Waals surface area (Å²) in [6, 6.07) is 3.16. The van der Waals surface area contributed by atoms with Crippen molar-refractivity contribution in [2.24, 2.45) is 0 Å². The van der Waals surface area contributed by atoms with Crippen molar-refractivity contribution >= 4 is 5.95 Å². The standard InChI is InChI=1S/C21H32N4O3/c1-7-21(27-13-14-28-21)8-2-17(1)23-18-4-10-25(15-18)20-22-9-3-19(24-20)16-5-11-26-12-6-16/h3,9,16-18,23H,1-2,4-8,10-15H2. The van der Waals surface area contributed by atoms with E-state index in [2.05, 4.69) is 21.3 Å². The second-order valence-corrected chi connectivity index (χ2v) is 8.65. The monoisotopic (exact) mass is 388 g/mol. The molecule has 7 nitrogen and oxygen atoms in total. The number of hydrogen-bond acceptors (Lipinski definition) is 7. The summed E-state index contributed by atoms with van der Waals surface area (Å²) in [5.41, 5.74) is 1.18. The van der Waals surface area contributed by atoms with Gasteiger partial charge in [0, 0.05) is 69.0 Å². The first kappa shape index (κ1) is 18.7. The SMILES string of the molecule is c1cc(C2CCOCC2)nc(N2CCC(NC3CCC4(CC3)OCCO4)C2)n1. The second-order valence-electron chi connectivity index (χ2n) is 8.65. The number of hydrogen-bond donors (Lipinski definition) is 1. The van der Waals surface area contributed by atoms with E-state index in [1.165, 1.54) is 5.69 Å². The van der Waals surface area contributed by atoms with Crippen LogP contribution in [-0.4, -0.2) is 67.4 Å². The van der Waals surface area contributed by atoms with E-state index in [0.29, 0.717) is 18.0 Å². The van der Waals surface area contributed by atoms with Gasteiger partial charge in [0.25, 0.3) is 0 Å². The van der Waals surface area contributed by atoms with Gasteiger partial charge in [-0.25, -0.2) is 9.97 Å². The van der Waals surface area contributed by atoms with Crippen molar-refractivity contribution in [3.8, 4) is 0 Å². The molecule has 4 aliphatic rings. The quantitative estimate of drug-likeness (QED) is 0.848. The zero-order valence-electron chi connectivity index (χ0n) is 16.6. The summed E-state index contributed by atoms with van der Waals surface area (Å²) in [5, 5.41) is 3.88. The van der Waals surface area contributed by atoms with Crippen LogP contribution in [0, 0.1) is 0 Å². The van der Waals surface area contributed by atoms with Crippen LogP contribution in [0.2, 0.25) is 0 Å². The van der Waals surface area contributed by atoms with Crippen molar-refractivity contribution in [2.75, 3.05) is 44.4 Å². The molecule has 1 aromatic rings. The van der Waals surface area contributed by atoms with Crippen LogP contribution in [0.3, 0.4) is 0 Å². The van der Waals surface area contributed by atoms with Gasteiger partial charge in [0.05, 0.1) is 13.2 Å².